The van der Waals surface area contributed by atoms with Gasteiger partial charge in [0.2, 0.25) is 0 Å². The third kappa shape index (κ3) is 7.50. The number of nitrogens with one attached hydrogen (secondary N) is 2. The lowest BCUT2D eigenvalue weighted by atomic mass is 9.92. The molecule has 5 rings (SSSR count). The zero-order valence-corrected chi connectivity index (χ0v) is 25.3. The summed E-state index contributed by atoms with van der Waals surface area (Å²) in [4.78, 5) is 22.2. The lowest BCUT2D eigenvalue weighted by molar-refractivity contribution is 0.0701. The number of allylic oxidation sites excluding steroid dienone is 1. The number of piperidine rings is 1. The first-order valence-corrected chi connectivity index (χ1v) is 15.0. The molecule has 0 bridgehead atoms. The smallest absolute Gasteiger partial charge is 0.255 e. The van der Waals surface area contributed by atoms with Gasteiger partial charge in [-0.2, -0.15) is 0 Å². The summed E-state index contributed by atoms with van der Waals surface area (Å²) >= 11 is 0. The number of pyridine rings is 1. The van der Waals surface area contributed by atoms with Gasteiger partial charge in [0.1, 0.15) is 17.5 Å². The first-order chi connectivity index (χ1) is 21.3. The molecule has 4 aromatic rings. The molecule has 1 amide bonds. The molecule has 1 aliphatic heterocycles. The molecule has 1 saturated heterocycles. The highest BCUT2D eigenvalue weighted by Crippen LogP contribution is 2.33. The van der Waals surface area contributed by atoms with Crippen LogP contribution in [0.4, 0.5) is 20.3 Å². The Hall–Kier alpha value is -4.56. The SMILES string of the molecule is C=C(C1CCN(C(=O)c2cnc(NCc3cccc(F)c3)c(CNC)c2)CC1)N(Cc1cccc(F)c1)c1ccccc1C. The minimum absolute atomic E-state index is 0.0499. The quantitative estimate of drug-likeness (QED) is 0.194. The van der Waals surface area contributed by atoms with Crippen LogP contribution in [0.3, 0.4) is 0 Å². The second-order valence-corrected chi connectivity index (χ2v) is 11.3. The fraction of sp³-hybridized carbons (Fsp3) is 0.278. The van der Waals surface area contributed by atoms with Crippen LogP contribution in [0.1, 0.15) is 45.5 Å². The highest BCUT2D eigenvalue weighted by atomic mass is 19.1. The van der Waals surface area contributed by atoms with Crippen molar-refractivity contribution in [2.45, 2.75) is 39.4 Å². The molecule has 6 nitrogen and oxygen atoms in total. The lowest BCUT2D eigenvalue weighted by Crippen LogP contribution is -2.40. The van der Waals surface area contributed by atoms with Crippen molar-refractivity contribution in [3.63, 3.8) is 0 Å². The van der Waals surface area contributed by atoms with Gasteiger partial charge < -0.3 is 20.4 Å². The fourth-order valence-electron chi connectivity index (χ4n) is 5.79. The molecular formula is C36H39F2N5O. The van der Waals surface area contributed by atoms with Gasteiger partial charge in [0.05, 0.1) is 5.56 Å². The van der Waals surface area contributed by atoms with Crippen molar-refractivity contribution in [2.24, 2.45) is 5.92 Å². The molecule has 8 heteroatoms. The number of aromatic nitrogens is 1. The van der Waals surface area contributed by atoms with Crippen LogP contribution in [0.5, 0.6) is 0 Å². The predicted molar refractivity (Wildman–Crippen MR) is 172 cm³/mol. The van der Waals surface area contributed by atoms with E-state index in [9.17, 15) is 13.6 Å². The van der Waals surface area contributed by atoms with Crippen LogP contribution in [0.2, 0.25) is 0 Å². The third-order valence-corrected chi connectivity index (χ3v) is 8.17. The topological polar surface area (TPSA) is 60.5 Å². The summed E-state index contributed by atoms with van der Waals surface area (Å²) in [6.07, 6.45) is 3.17. The Labute approximate surface area is 258 Å². The maximum atomic E-state index is 14.0. The van der Waals surface area contributed by atoms with Crippen molar-refractivity contribution in [2.75, 3.05) is 30.4 Å². The summed E-state index contributed by atoms with van der Waals surface area (Å²) in [5.41, 5.74) is 6.23. The van der Waals surface area contributed by atoms with E-state index in [-0.39, 0.29) is 23.5 Å². The molecule has 0 radical (unpaired) electrons. The van der Waals surface area contributed by atoms with Gasteiger partial charge in [-0.1, -0.05) is 49.0 Å². The van der Waals surface area contributed by atoms with E-state index in [1.54, 1.807) is 24.4 Å². The second kappa shape index (κ2) is 14.3. The minimum atomic E-state index is -0.282. The number of anilines is 2. The number of hydrogen-bond donors (Lipinski definition) is 2. The van der Waals surface area contributed by atoms with Crippen LogP contribution in [-0.2, 0) is 19.6 Å². The highest BCUT2D eigenvalue weighted by molar-refractivity contribution is 5.94. The van der Waals surface area contributed by atoms with E-state index in [1.807, 2.05) is 42.3 Å². The maximum absolute atomic E-state index is 14.0. The number of benzene rings is 3. The molecule has 0 saturated carbocycles. The third-order valence-electron chi connectivity index (χ3n) is 8.17. The van der Waals surface area contributed by atoms with E-state index in [4.69, 9.17) is 0 Å². The zero-order chi connectivity index (χ0) is 31.1. The molecule has 2 N–H and O–H groups in total. The predicted octanol–water partition coefficient (Wildman–Crippen LogP) is 7.07. The van der Waals surface area contributed by atoms with Crippen molar-refractivity contribution in [3.05, 3.63) is 137 Å². The number of halogens is 2. The molecule has 0 spiro atoms. The van der Waals surface area contributed by atoms with E-state index in [0.29, 0.717) is 44.1 Å². The van der Waals surface area contributed by atoms with E-state index in [2.05, 4.69) is 46.2 Å². The Morgan fingerprint density at radius 2 is 1.64 bits per heavy atom. The first kappa shape index (κ1) is 30.9. The molecule has 2 heterocycles. The Kier molecular flexibility index (Phi) is 10.0. The van der Waals surface area contributed by atoms with Crippen LogP contribution in [-0.4, -0.2) is 35.9 Å². The highest BCUT2D eigenvalue weighted by Gasteiger charge is 2.29. The molecule has 0 atom stereocenters. The molecular weight excluding hydrogens is 556 g/mol. The van der Waals surface area contributed by atoms with Gasteiger partial charge in [0.15, 0.2) is 0 Å². The maximum Gasteiger partial charge on any atom is 0.255 e. The van der Waals surface area contributed by atoms with Gasteiger partial charge in [-0.15, -0.1) is 0 Å². The van der Waals surface area contributed by atoms with Crippen molar-refractivity contribution in [1.82, 2.24) is 15.2 Å². The number of amides is 1. The Morgan fingerprint density at radius 3 is 2.32 bits per heavy atom. The first-order valence-electron chi connectivity index (χ1n) is 15.0. The number of aryl methyl sites for hydroxylation is 1. The molecule has 0 unspecified atom stereocenters. The molecule has 0 aliphatic carbocycles. The van der Waals surface area contributed by atoms with Gasteiger partial charge in [0.25, 0.3) is 5.91 Å². The molecule has 1 fully saturated rings. The van der Waals surface area contributed by atoms with Gasteiger partial charge >= 0.3 is 0 Å². The number of hydrogen-bond acceptors (Lipinski definition) is 5. The van der Waals surface area contributed by atoms with E-state index in [1.165, 1.54) is 18.2 Å². The second-order valence-electron chi connectivity index (χ2n) is 11.3. The number of rotatable bonds is 11. The van der Waals surface area contributed by atoms with E-state index < -0.39 is 0 Å². The summed E-state index contributed by atoms with van der Waals surface area (Å²) < 4.78 is 27.6. The Bertz CT molecular complexity index is 1620. The van der Waals surface area contributed by atoms with Crippen LogP contribution in [0.25, 0.3) is 0 Å². The Balaban J connectivity index is 1.26. The van der Waals surface area contributed by atoms with Crippen molar-refractivity contribution in [3.8, 4) is 0 Å². The van der Waals surface area contributed by atoms with Gasteiger partial charge in [0, 0.05) is 61.8 Å². The molecule has 228 valence electrons. The lowest BCUT2D eigenvalue weighted by Gasteiger charge is -2.38. The summed E-state index contributed by atoms with van der Waals surface area (Å²) in [6.45, 7) is 9.25. The molecule has 1 aliphatic rings. The van der Waals surface area contributed by atoms with Crippen molar-refractivity contribution >= 4 is 17.4 Å². The van der Waals surface area contributed by atoms with Gasteiger partial charge in [-0.05, 0) is 79.9 Å². The molecule has 44 heavy (non-hydrogen) atoms. The van der Waals surface area contributed by atoms with Gasteiger partial charge in [-0.25, -0.2) is 13.8 Å². The van der Waals surface area contributed by atoms with E-state index >= 15 is 0 Å². The summed E-state index contributed by atoms with van der Waals surface area (Å²) in [7, 11) is 1.84. The van der Waals surface area contributed by atoms with Gasteiger partial charge in [-0.3, -0.25) is 4.79 Å². The molecule has 1 aromatic heterocycles. The number of carbonyl (C=O) groups is 1. The van der Waals surface area contributed by atoms with Crippen LogP contribution in [0, 0.1) is 24.5 Å². The average molecular weight is 596 g/mol. The summed E-state index contributed by atoms with van der Waals surface area (Å²) in [5.74, 6) is 0.248. The number of nitrogens with zero attached hydrogens (tertiary/aromatic N) is 3. The summed E-state index contributed by atoms with van der Waals surface area (Å²) in [5, 5.41) is 6.42. The standard InChI is InChI=1S/C36H39F2N5O/c1-25-8-4-5-13-34(25)43(24-28-10-7-12-33(38)19-28)26(2)29-14-16-42(17-15-29)36(44)31-20-30(22-39-3)35(41-23-31)40-21-27-9-6-11-32(37)18-27/h4-13,18-20,23,29,39H,2,14-17,21-22,24H2,1,3H3,(H,40,41). The minimum Gasteiger partial charge on any atom is -0.366 e. The number of carbonyl (C=O) groups excluding carboxylic acids is 1. The largest absolute Gasteiger partial charge is 0.366 e. The fourth-order valence-corrected chi connectivity index (χ4v) is 5.79. The molecule has 3 aromatic carbocycles. The Morgan fingerprint density at radius 1 is 0.955 bits per heavy atom. The number of para-hydroxylation sites is 1. The van der Waals surface area contributed by atoms with Crippen molar-refractivity contribution < 1.29 is 13.6 Å². The normalized spacial score (nSPS) is 13.5. The van der Waals surface area contributed by atoms with Crippen LogP contribution < -0.4 is 15.5 Å². The zero-order valence-electron chi connectivity index (χ0n) is 25.3. The van der Waals surface area contributed by atoms with Crippen molar-refractivity contribution in [1.29, 1.82) is 0 Å². The van der Waals surface area contributed by atoms with Crippen LogP contribution in [0.15, 0.2) is 97.3 Å². The summed E-state index contributed by atoms with van der Waals surface area (Å²) in [6, 6.07) is 23.2. The number of likely N-dealkylation sites (tertiary alicyclic amines) is 1. The van der Waals surface area contributed by atoms with Crippen LogP contribution >= 0.6 is 0 Å². The monoisotopic (exact) mass is 595 g/mol. The average Bonchev–Trinajstić information content (AvgIpc) is 3.03. The van der Waals surface area contributed by atoms with E-state index in [0.717, 1.165) is 46.5 Å².